The van der Waals surface area contributed by atoms with Crippen LogP contribution in [0.15, 0.2) is 78.9 Å². The van der Waals surface area contributed by atoms with E-state index in [9.17, 15) is 0 Å². The van der Waals surface area contributed by atoms with Crippen molar-refractivity contribution in [2.24, 2.45) is 0 Å². The van der Waals surface area contributed by atoms with Crippen LogP contribution in [-0.2, 0) is 21.7 Å². The Labute approximate surface area is 304 Å². The first-order chi connectivity index (χ1) is 23.8. The van der Waals surface area contributed by atoms with Gasteiger partial charge in [-0.3, -0.25) is 0 Å². The summed E-state index contributed by atoms with van der Waals surface area (Å²) in [5.41, 5.74) is 15.7. The highest BCUT2D eigenvalue weighted by molar-refractivity contribution is 7.00. The van der Waals surface area contributed by atoms with E-state index in [1.165, 1.54) is 50.0 Å². The number of fused-ring (bicyclic) bond motifs is 8. The van der Waals surface area contributed by atoms with Crippen molar-refractivity contribution in [3.8, 4) is 23.0 Å². The molecule has 4 aliphatic heterocycles. The summed E-state index contributed by atoms with van der Waals surface area (Å²) < 4.78 is 14.0. The topological polar surface area (TPSA) is 24.9 Å². The molecule has 0 saturated carbocycles. The molecule has 0 radical (unpaired) electrons. The van der Waals surface area contributed by atoms with Crippen LogP contribution in [0.4, 0.5) is 34.1 Å². The summed E-state index contributed by atoms with van der Waals surface area (Å²) in [6, 6.07) is 30.0. The number of ether oxygens (including phenoxy) is 2. The Morgan fingerprint density at radius 1 is 0.412 bits per heavy atom. The fourth-order valence-electron chi connectivity index (χ4n) is 8.38. The van der Waals surface area contributed by atoms with E-state index in [2.05, 4.69) is 172 Å². The number of rotatable bonds is 0. The van der Waals surface area contributed by atoms with Crippen LogP contribution in [0.2, 0.25) is 0 Å². The van der Waals surface area contributed by atoms with Gasteiger partial charge in [0.25, 0.3) is 6.71 Å². The smallest absolute Gasteiger partial charge is 0.252 e. The van der Waals surface area contributed by atoms with E-state index in [0.717, 1.165) is 45.7 Å². The molecule has 0 aromatic heterocycles. The average molecular weight is 673 g/mol. The molecule has 0 spiro atoms. The SMILES string of the molecule is CC(C)(C)c1ccc2c(c1)Oc1cc(C(C)(C)C)cc3c1N2c1cccc2c1B3c1cc(C(C)(C)C)cc3c1N2c1ccc(C(C)(C)C)cc1O3. The van der Waals surface area contributed by atoms with E-state index >= 15 is 0 Å². The molecular weight excluding hydrogens is 623 g/mol. The Kier molecular flexibility index (Phi) is 6.35. The minimum Gasteiger partial charge on any atom is -0.453 e. The summed E-state index contributed by atoms with van der Waals surface area (Å²) >= 11 is 0. The maximum atomic E-state index is 7.00. The molecule has 0 saturated heterocycles. The maximum Gasteiger partial charge on any atom is 0.252 e. The van der Waals surface area contributed by atoms with Crippen LogP contribution in [0.3, 0.4) is 0 Å². The van der Waals surface area contributed by atoms with Crippen molar-refractivity contribution in [2.45, 2.75) is 105 Å². The van der Waals surface area contributed by atoms with Gasteiger partial charge in [0.05, 0.1) is 22.7 Å². The molecule has 9 rings (SSSR count). The van der Waals surface area contributed by atoms with Crippen LogP contribution in [0.25, 0.3) is 0 Å². The third-order valence-electron chi connectivity index (χ3n) is 11.4. The molecule has 5 aromatic rings. The first kappa shape index (κ1) is 32.3. The molecule has 0 aliphatic carbocycles. The summed E-state index contributed by atoms with van der Waals surface area (Å²) in [5, 5.41) is 0. The number of anilines is 6. The third kappa shape index (κ3) is 4.66. The highest BCUT2D eigenvalue weighted by Gasteiger charge is 2.49. The maximum absolute atomic E-state index is 7.00. The van der Waals surface area contributed by atoms with Gasteiger partial charge in [0.1, 0.15) is 0 Å². The fraction of sp³-hybridized carbons (Fsp3) is 0.348. The second-order valence-corrected chi connectivity index (χ2v) is 19.2. The predicted molar refractivity (Wildman–Crippen MR) is 215 cm³/mol. The quantitative estimate of drug-likeness (QED) is 0.150. The van der Waals surface area contributed by atoms with Crippen LogP contribution in [-0.4, -0.2) is 6.71 Å². The lowest BCUT2D eigenvalue weighted by atomic mass is 9.33. The van der Waals surface area contributed by atoms with Crippen molar-refractivity contribution in [3.05, 3.63) is 101 Å². The predicted octanol–water partition coefficient (Wildman–Crippen LogP) is 11.2. The molecule has 0 N–H and O–H groups in total. The molecule has 5 aromatic carbocycles. The molecule has 4 nitrogen and oxygen atoms in total. The monoisotopic (exact) mass is 672 g/mol. The van der Waals surface area contributed by atoms with E-state index < -0.39 is 0 Å². The molecule has 4 aliphatic rings. The molecular formula is C46H49BN2O2. The Balaban J connectivity index is 1.39. The molecule has 51 heavy (non-hydrogen) atoms. The van der Waals surface area contributed by atoms with Crippen molar-refractivity contribution in [2.75, 3.05) is 9.80 Å². The van der Waals surface area contributed by atoms with Crippen molar-refractivity contribution < 1.29 is 9.47 Å². The highest BCUT2D eigenvalue weighted by Crippen LogP contribution is 2.57. The van der Waals surface area contributed by atoms with E-state index in [1.54, 1.807) is 0 Å². The molecule has 0 atom stereocenters. The zero-order valence-corrected chi connectivity index (χ0v) is 32.3. The Bertz CT molecular complexity index is 2170. The van der Waals surface area contributed by atoms with Crippen molar-refractivity contribution in [1.82, 2.24) is 0 Å². The van der Waals surface area contributed by atoms with Gasteiger partial charge in [-0.1, -0.05) is 113 Å². The van der Waals surface area contributed by atoms with E-state index in [1.807, 2.05) is 0 Å². The van der Waals surface area contributed by atoms with Gasteiger partial charge < -0.3 is 19.3 Å². The molecule has 0 bridgehead atoms. The zero-order valence-electron chi connectivity index (χ0n) is 32.3. The second-order valence-electron chi connectivity index (χ2n) is 19.2. The molecule has 0 fully saturated rings. The second kappa shape index (κ2) is 10.0. The zero-order chi connectivity index (χ0) is 36.2. The van der Waals surface area contributed by atoms with Gasteiger partial charge in [-0.25, -0.2) is 0 Å². The summed E-state index contributed by atoms with van der Waals surface area (Å²) in [6.07, 6.45) is 0. The lowest BCUT2D eigenvalue weighted by molar-refractivity contribution is 0.469. The van der Waals surface area contributed by atoms with Crippen LogP contribution >= 0.6 is 0 Å². The molecule has 0 amide bonds. The summed E-state index contributed by atoms with van der Waals surface area (Å²) in [6.45, 7) is 27.4. The van der Waals surface area contributed by atoms with Crippen molar-refractivity contribution in [3.63, 3.8) is 0 Å². The lowest BCUT2D eigenvalue weighted by Gasteiger charge is -2.48. The van der Waals surface area contributed by atoms with E-state index in [-0.39, 0.29) is 28.4 Å². The average Bonchev–Trinajstić information content (AvgIpc) is 3.04. The highest BCUT2D eigenvalue weighted by atomic mass is 16.5. The largest absolute Gasteiger partial charge is 0.453 e. The first-order valence-electron chi connectivity index (χ1n) is 18.6. The van der Waals surface area contributed by atoms with Crippen LogP contribution in [0.1, 0.15) is 105 Å². The standard InChI is InChI=1S/C46H49BN2O2/c1-43(2,3)26-16-18-32-36(22-26)50-38-24-28(45(7,8)9)20-30-41(38)48(32)34-14-13-15-35-40(34)47(30)31-21-29(46(10,11)12)25-39-42(31)49(35)33-19-17-27(44(4,5)6)23-37(33)51-39/h13-25H,1-12H3. The van der Waals surface area contributed by atoms with E-state index in [0.29, 0.717) is 0 Å². The van der Waals surface area contributed by atoms with Crippen LogP contribution < -0.4 is 35.7 Å². The first-order valence-corrected chi connectivity index (χ1v) is 18.6. The van der Waals surface area contributed by atoms with Gasteiger partial charge in [-0.2, -0.15) is 0 Å². The minimum absolute atomic E-state index is 0.00124. The number of hydrogen-bond acceptors (Lipinski definition) is 4. The normalized spacial score (nSPS) is 15.3. The van der Waals surface area contributed by atoms with Crippen molar-refractivity contribution >= 4 is 57.2 Å². The van der Waals surface area contributed by atoms with Crippen LogP contribution in [0, 0.1) is 0 Å². The molecule has 258 valence electrons. The number of hydrogen-bond donors (Lipinski definition) is 0. The van der Waals surface area contributed by atoms with Crippen LogP contribution in [0.5, 0.6) is 23.0 Å². The van der Waals surface area contributed by atoms with Gasteiger partial charge >= 0.3 is 0 Å². The summed E-state index contributed by atoms with van der Waals surface area (Å²) in [5.74, 6) is 3.66. The molecule has 5 heteroatoms. The molecule has 0 unspecified atom stereocenters. The van der Waals surface area contributed by atoms with Gasteiger partial charge in [0.15, 0.2) is 23.0 Å². The lowest BCUT2D eigenvalue weighted by Crippen LogP contribution is -2.62. The summed E-state index contributed by atoms with van der Waals surface area (Å²) in [4.78, 5) is 4.97. The number of benzene rings is 5. The van der Waals surface area contributed by atoms with Gasteiger partial charge in [0.2, 0.25) is 0 Å². The minimum atomic E-state index is -0.0761. The van der Waals surface area contributed by atoms with Gasteiger partial charge in [0, 0.05) is 11.4 Å². The summed E-state index contributed by atoms with van der Waals surface area (Å²) in [7, 11) is 0. The molecule has 4 heterocycles. The fourth-order valence-corrected chi connectivity index (χ4v) is 8.38. The Morgan fingerprint density at radius 3 is 1.16 bits per heavy atom. The van der Waals surface area contributed by atoms with E-state index in [4.69, 9.17) is 9.47 Å². The van der Waals surface area contributed by atoms with Gasteiger partial charge in [-0.15, -0.1) is 0 Å². The van der Waals surface area contributed by atoms with Gasteiger partial charge in [-0.05, 0) is 109 Å². The van der Waals surface area contributed by atoms with Crippen molar-refractivity contribution in [1.29, 1.82) is 0 Å². The Morgan fingerprint density at radius 2 is 0.784 bits per heavy atom. The third-order valence-corrected chi connectivity index (χ3v) is 11.4. The Hall–Kier alpha value is -4.64. The number of nitrogens with zero attached hydrogens (tertiary/aromatic N) is 2.